The molecule has 1 fully saturated rings. The van der Waals surface area contributed by atoms with Gasteiger partial charge in [0.2, 0.25) is 5.91 Å². The maximum absolute atomic E-state index is 12.8. The second-order valence-corrected chi connectivity index (χ2v) is 7.39. The van der Waals surface area contributed by atoms with E-state index in [1.54, 1.807) is 37.2 Å². The molecule has 1 saturated carbocycles. The highest BCUT2D eigenvalue weighted by Gasteiger charge is 2.28. The molecule has 1 aliphatic carbocycles. The van der Waals surface area contributed by atoms with Crippen molar-refractivity contribution >= 4 is 28.4 Å². The zero-order valence-electron chi connectivity index (χ0n) is 15.0. The number of benzene rings is 1. The molecular weight excluding hydrogens is 338 g/mol. The molecule has 0 bridgehead atoms. The second kappa shape index (κ2) is 7.16. The summed E-state index contributed by atoms with van der Waals surface area (Å²) in [6, 6.07) is 4.79. The number of hydrogen-bond acceptors (Lipinski definition) is 3. The molecule has 6 heteroatoms. The van der Waals surface area contributed by atoms with Crippen molar-refractivity contribution in [2.45, 2.75) is 45.1 Å². The molecule has 25 heavy (non-hydrogen) atoms. The topological polar surface area (TPSA) is 55.2 Å². The molecule has 1 amide bonds. The van der Waals surface area contributed by atoms with Crippen molar-refractivity contribution in [2.24, 2.45) is 13.0 Å². The number of aromatic nitrogens is 2. The quantitative estimate of drug-likeness (QED) is 0.837. The fourth-order valence-corrected chi connectivity index (χ4v) is 3.80. The van der Waals surface area contributed by atoms with Crippen LogP contribution in [0.4, 0.5) is 0 Å². The van der Waals surface area contributed by atoms with E-state index in [4.69, 9.17) is 11.6 Å². The van der Waals surface area contributed by atoms with Crippen LogP contribution in [0.5, 0.6) is 0 Å². The third kappa shape index (κ3) is 3.43. The predicted molar refractivity (Wildman–Crippen MR) is 99.8 cm³/mol. The van der Waals surface area contributed by atoms with Crippen molar-refractivity contribution in [1.82, 2.24) is 14.5 Å². The van der Waals surface area contributed by atoms with Crippen molar-refractivity contribution in [3.05, 3.63) is 39.4 Å². The monoisotopic (exact) mass is 361 g/mol. The van der Waals surface area contributed by atoms with E-state index in [2.05, 4.69) is 4.98 Å². The number of carbonyl (C=O) groups is 1. The van der Waals surface area contributed by atoms with E-state index in [9.17, 15) is 9.59 Å². The summed E-state index contributed by atoms with van der Waals surface area (Å²) >= 11 is 6.04. The van der Waals surface area contributed by atoms with Gasteiger partial charge in [0.15, 0.2) is 0 Å². The lowest BCUT2D eigenvalue weighted by Crippen LogP contribution is -2.38. The fraction of sp³-hybridized carbons (Fsp3) is 0.526. The summed E-state index contributed by atoms with van der Waals surface area (Å²) in [6.07, 6.45) is 5.35. The SMILES string of the molecule is CC(c1nc2cc(Cl)ccc2c(=O)n1C)N(C)C(=O)C1CCCCC1. The number of rotatable bonds is 3. The second-order valence-electron chi connectivity index (χ2n) is 6.96. The molecule has 0 aliphatic heterocycles. The van der Waals surface area contributed by atoms with Crippen LogP contribution in [0.1, 0.15) is 50.9 Å². The van der Waals surface area contributed by atoms with Gasteiger partial charge in [-0.2, -0.15) is 0 Å². The van der Waals surface area contributed by atoms with Gasteiger partial charge >= 0.3 is 0 Å². The highest BCUT2D eigenvalue weighted by Crippen LogP contribution is 2.28. The van der Waals surface area contributed by atoms with Crippen LogP contribution < -0.4 is 5.56 Å². The van der Waals surface area contributed by atoms with E-state index in [1.807, 2.05) is 6.92 Å². The van der Waals surface area contributed by atoms with Crippen molar-refractivity contribution in [3.63, 3.8) is 0 Å². The van der Waals surface area contributed by atoms with Gasteiger partial charge in [-0.25, -0.2) is 4.98 Å². The molecule has 0 spiro atoms. The Kier molecular flexibility index (Phi) is 5.13. The lowest BCUT2D eigenvalue weighted by Gasteiger charge is -2.31. The molecule has 1 unspecified atom stereocenters. The molecule has 1 aromatic carbocycles. The molecular formula is C19H24ClN3O2. The molecule has 1 aliphatic rings. The average Bonchev–Trinajstić information content (AvgIpc) is 2.63. The van der Waals surface area contributed by atoms with Crippen LogP contribution in [0.15, 0.2) is 23.0 Å². The van der Waals surface area contributed by atoms with Crippen molar-refractivity contribution in [1.29, 1.82) is 0 Å². The smallest absolute Gasteiger partial charge is 0.261 e. The first-order chi connectivity index (χ1) is 11.9. The molecule has 0 saturated heterocycles. The van der Waals surface area contributed by atoms with Crippen molar-refractivity contribution in [3.8, 4) is 0 Å². The first-order valence-corrected chi connectivity index (χ1v) is 9.21. The van der Waals surface area contributed by atoms with Crippen LogP contribution >= 0.6 is 11.6 Å². The number of fused-ring (bicyclic) bond motifs is 1. The van der Waals surface area contributed by atoms with Crippen molar-refractivity contribution < 1.29 is 4.79 Å². The molecule has 0 N–H and O–H groups in total. The third-order valence-electron chi connectivity index (χ3n) is 5.33. The fourth-order valence-electron chi connectivity index (χ4n) is 3.64. The minimum Gasteiger partial charge on any atom is -0.336 e. The lowest BCUT2D eigenvalue weighted by molar-refractivity contribution is -0.137. The third-order valence-corrected chi connectivity index (χ3v) is 5.57. The van der Waals surface area contributed by atoms with Gasteiger partial charge in [0, 0.05) is 25.0 Å². The van der Waals surface area contributed by atoms with E-state index in [-0.39, 0.29) is 23.4 Å². The number of carbonyl (C=O) groups excluding carboxylic acids is 1. The summed E-state index contributed by atoms with van der Waals surface area (Å²) in [6.45, 7) is 1.92. The Bertz CT molecular complexity index is 856. The van der Waals surface area contributed by atoms with Crippen LogP contribution in [0.3, 0.4) is 0 Å². The van der Waals surface area contributed by atoms with Gasteiger partial charge in [-0.05, 0) is 38.0 Å². The summed E-state index contributed by atoms with van der Waals surface area (Å²) in [5.74, 6) is 0.812. The van der Waals surface area contributed by atoms with Gasteiger partial charge in [-0.3, -0.25) is 14.2 Å². The Morgan fingerprint density at radius 1 is 1.32 bits per heavy atom. The van der Waals surface area contributed by atoms with Gasteiger partial charge in [-0.15, -0.1) is 0 Å². The van der Waals surface area contributed by atoms with E-state index >= 15 is 0 Å². The summed E-state index contributed by atoms with van der Waals surface area (Å²) in [7, 11) is 3.50. The van der Waals surface area contributed by atoms with Crippen LogP contribution in [0.2, 0.25) is 5.02 Å². The predicted octanol–water partition coefficient (Wildman–Crippen LogP) is 3.69. The zero-order valence-corrected chi connectivity index (χ0v) is 15.7. The van der Waals surface area contributed by atoms with E-state index in [1.165, 1.54) is 11.0 Å². The molecule has 1 atom stereocenters. The van der Waals surface area contributed by atoms with Crippen LogP contribution in [-0.4, -0.2) is 27.4 Å². The van der Waals surface area contributed by atoms with Crippen LogP contribution in [-0.2, 0) is 11.8 Å². The van der Waals surface area contributed by atoms with Gasteiger partial charge < -0.3 is 4.90 Å². The van der Waals surface area contributed by atoms with Crippen LogP contribution in [0, 0.1) is 5.92 Å². The summed E-state index contributed by atoms with van der Waals surface area (Å²) in [4.78, 5) is 31.8. The minimum absolute atomic E-state index is 0.0909. The van der Waals surface area contributed by atoms with E-state index in [0.717, 1.165) is 25.7 Å². The first-order valence-electron chi connectivity index (χ1n) is 8.83. The molecule has 134 valence electrons. The maximum Gasteiger partial charge on any atom is 0.261 e. The van der Waals surface area contributed by atoms with Gasteiger partial charge in [0.25, 0.3) is 5.56 Å². The minimum atomic E-state index is -0.282. The van der Waals surface area contributed by atoms with Crippen LogP contribution in [0.25, 0.3) is 10.9 Å². The largest absolute Gasteiger partial charge is 0.336 e. The molecule has 3 rings (SSSR count). The molecule has 2 aromatic rings. The first kappa shape index (κ1) is 17.9. The Hall–Kier alpha value is -1.88. The highest BCUT2D eigenvalue weighted by molar-refractivity contribution is 6.31. The Morgan fingerprint density at radius 2 is 2.00 bits per heavy atom. The number of nitrogens with zero attached hydrogens (tertiary/aromatic N) is 3. The summed E-state index contributed by atoms with van der Waals surface area (Å²) < 4.78 is 1.53. The number of hydrogen-bond donors (Lipinski definition) is 0. The Balaban J connectivity index is 1.95. The molecule has 0 radical (unpaired) electrons. The molecule has 5 nitrogen and oxygen atoms in total. The maximum atomic E-state index is 12.8. The highest BCUT2D eigenvalue weighted by atomic mass is 35.5. The van der Waals surface area contributed by atoms with Gasteiger partial charge in [0.05, 0.1) is 16.9 Å². The normalized spacial score (nSPS) is 16.8. The Labute approximate surface area is 152 Å². The Morgan fingerprint density at radius 3 is 2.68 bits per heavy atom. The van der Waals surface area contributed by atoms with E-state index < -0.39 is 0 Å². The summed E-state index contributed by atoms with van der Waals surface area (Å²) in [5.41, 5.74) is 0.443. The zero-order chi connectivity index (χ0) is 18.1. The van der Waals surface area contributed by atoms with Crippen molar-refractivity contribution in [2.75, 3.05) is 7.05 Å². The number of halogens is 1. The van der Waals surface area contributed by atoms with Gasteiger partial charge in [-0.1, -0.05) is 30.9 Å². The molecule has 1 heterocycles. The summed E-state index contributed by atoms with van der Waals surface area (Å²) in [5, 5.41) is 1.07. The standard InChI is InChI=1S/C19H24ClN3O2/c1-12(22(2)18(24)13-7-5-4-6-8-13)17-21-16-11-14(20)9-10-15(16)19(25)23(17)3/h9-13H,4-8H2,1-3H3. The number of amides is 1. The van der Waals surface area contributed by atoms with Gasteiger partial charge in [0.1, 0.15) is 5.82 Å². The molecule has 1 aromatic heterocycles. The average molecular weight is 362 g/mol. The lowest BCUT2D eigenvalue weighted by atomic mass is 9.88. The van der Waals surface area contributed by atoms with E-state index in [0.29, 0.717) is 21.7 Å².